The fraction of sp³-hybridized carbons (Fsp3) is 0.824. The number of fused-ring (bicyclic) bond motifs is 2. The third-order valence-corrected chi connectivity index (χ3v) is 7.13. The first-order chi connectivity index (χ1) is 9.70. The highest BCUT2D eigenvalue weighted by atomic mass is 16.6. The molecule has 4 rings (SSSR count). The number of epoxide rings is 1. The van der Waals surface area contributed by atoms with Gasteiger partial charge in [0.2, 0.25) is 0 Å². The molecule has 1 spiro atoms. The zero-order valence-electron chi connectivity index (χ0n) is 13.2. The van der Waals surface area contributed by atoms with Gasteiger partial charge in [0, 0.05) is 10.8 Å². The van der Waals surface area contributed by atoms with E-state index < -0.39 is 17.3 Å². The number of Topliss-reactive ketones (excluding diaryl/α,β-unsaturated/α-hetero) is 1. The molecular weight excluding hydrogens is 268 g/mol. The first-order valence-electron chi connectivity index (χ1n) is 7.90. The van der Waals surface area contributed by atoms with E-state index in [4.69, 9.17) is 9.47 Å². The average Bonchev–Trinajstić information content (AvgIpc) is 3.16. The number of rotatable bonds is 1. The second-order valence-electron chi connectivity index (χ2n) is 8.03. The second-order valence-corrected chi connectivity index (χ2v) is 8.03. The maximum atomic E-state index is 12.1. The SMILES string of the molecule is CC(=O)[C@@]1(O)C[C@]2(C)[C@@]3(C)CCC(C)=C[C@H]3O[C@H]1[C@@]21CO1. The lowest BCUT2D eigenvalue weighted by Gasteiger charge is -2.56. The lowest BCUT2D eigenvalue weighted by Crippen LogP contribution is -2.62. The van der Waals surface area contributed by atoms with Gasteiger partial charge in [0.15, 0.2) is 11.4 Å². The average molecular weight is 292 g/mol. The van der Waals surface area contributed by atoms with Crippen molar-refractivity contribution in [1.82, 2.24) is 0 Å². The minimum Gasteiger partial charge on any atom is -0.379 e. The summed E-state index contributed by atoms with van der Waals surface area (Å²) in [6.45, 7) is 8.62. The number of ether oxygens (including phenoxy) is 2. The second kappa shape index (κ2) is 3.61. The van der Waals surface area contributed by atoms with Gasteiger partial charge in [-0.2, -0.15) is 0 Å². The molecule has 0 aromatic heterocycles. The van der Waals surface area contributed by atoms with Crippen molar-refractivity contribution in [3.8, 4) is 0 Å². The zero-order chi connectivity index (χ0) is 15.3. The van der Waals surface area contributed by atoms with Gasteiger partial charge in [-0.3, -0.25) is 4.79 Å². The molecule has 2 aliphatic carbocycles. The van der Waals surface area contributed by atoms with E-state index in [0.29, 0.717) is 13.0 Å². The van der Waals surface area contributed by atoms with Crippen LogP contribution in [-0.2, 0) is 14.3 Å². The molecular formula is C17H24O4. The smallest absolute Gasteiger partial charge is 0.164 e. The van der Waals surface area contributed by atoms with Crippen molar-refractivity contribution in [3.63, 3.8) is 0 Å². The Morgan fingerprint density at radius 2 is 2.10 bits per heavy atom. The van der Waals surface area contributed by atoms with Crippen molar-refractivity contribution in [2.75, 3.05) is 6.61 Å². The van der Waals surface area contributed by atoms with E-state index >= 15 is 0 Å². The third-order valence-electron chi connectivity index (χ3n) is 7.13. The molecule has 4 aliphatic rings. The Morgan fingerprint density at radius 1 is 1.43 bits per heavy atom. The maximum absolute atomic E-state index is 12.1. The van der Waals surface area contributed by atoms with E-state index in [2.05, 4.69) is 26.8 Å². The Balaban J connectivity index is 1.89. The minimum absolute atomic E-state index is 0.0375. The fourth-order valence-corrected chi connectivity index (χ4v) is 5.27. The Bertz CT molecular complexity index is 563. The number of hydrogen-bond donors (Lipinski definition) is 1. The zero-order valence-corrected chi connectivity index (χ0v) is 13.2. The number of aliphatic hydroxyl groups is 1. The summed E-state index contributed by atoms with van der Waals surface area (Å²) in [6, 6.07) is 0. The van der Waals surface area contributed by atoms with Gasteiger partial charge in [-0.25, -0.2) is 0 Å². The lowest BCUT2D eigenvalue weighted by atomic mass is 9.53. The van der Waals surface area contributed by atoms with Gasteiger partial charge in [-0.1, -0.05) is 25.5 Å². The Morgan fingerprint density at radius 3 is 2.67 bits per heavy atom. The molecule has 21 heavy (non-hydrogen) atoms. The highest BCUT2D eigenvalue weighted by Crippen LogP contribution is 2.73. The van der Waals surface area contributed by atoms with Crippen molar-refractivity contribution in [2.24, 2.45) is 10.8 Å². The molecule has 0 aromatic carbocycles. The van der Waals surface area contributed by atoms with E-state index in [1.54, 1.807) is 0 Å². The summed E-state index contributed by atoms with van der Waals surface area (Å²) in [5, 5.41) is 11.0. The van der Waals surface area contributed by atoms with Crippen LogP contribution in [0.25, 0.3) is 0 Å². The summed E-state index contributed by atoms with van der Waals surface area (Å²) in [7, 11) is 0. The largest absolute Gasteiger partial charge is 0.379 e. The molecule has 6 atom stereocenters. The number of hydrogen-bond acceptors (Lipinski definition) is 4. The summed E-state index contributed by atoms with van der Waals surface area (Å²) in [5.74, 6) is -0.200. The van der Waals surface area contributed by atoms with Gasteiger partial charge in [-0.15, -0.1) is 0 Å². The van der Waals surface area contributed by atoms with E-state index in [1.807, 2.05) is 0 Å². The van der Waals surface area contributed by atoms with Crippen molar-refractivity contribution in [2.45, 2.75) is 70.4 Å². The number of carbonyl (C=O) groups excluding carboxylic acids is 1. The Hall–Kier alpha value is -0.710. The number of carbonyl (C=O) groups is 1. The van der Waals surface area contributed by atoms with Crippen LogP contribution in [0.5, 0.6) is 0 Å². The predicted octanol–water partition coefficient (Wildman–Crippen LogP) is 2.00. The molecule has 1 N–H and O–H groups in total. The van der Waals surface area contributed by atoms with Crippen molar-refractivity contribution < 1.29 is 19.4 Å². The molecule has 1 saturated carbocycles. The predicted molar refractivity (Wildman–Crippen MR) is 76.8 cm³/mol. The lowest BCUT2D eigenvalue weighted by molar-refractivity contribution is -0.208. The molecule has 0 aromatic rings. The summed E-state index contributed by atoms with van der Waals surface area (Å²) in [4.78, 5) is 12.1. The fourth-order valence-electron chi connectivity index (χ4n) is 5.27. The molecule has 4 heteroatoms. The van der Waals surface area contributed by atoms with Gasteiger partial charge in [0.1, 0.15) is 11.7 Å². The van der Waals surface area contributed by atoms with Crippen LogP contribution in [0.1, 0.15) is 47.0 Å². The molecule has 2 aliphatic heterocycles. The van der Waals surface area contributed by atoms with Gasteiger partial charge >= 0.3 is 0 Å². The van der Waals surface area contributed by atoms with E-state index in [9.17, 15) is 9.90 Å². The monoisotopic (exact) mass is 292 g/mol. The van der Waals surface area contributed by atoms with E-state index in [1.165, 1.54) is 12.5 Å². The minimum atomic E-state index is -1.41. The van der Waals surface area contributed by atoms with Crippen molar-refractivity contribution in [1.29, 1.82) is 0 Å². The molecule has 2 saturated heterocycles. The van der Waals surface area contributed by atoms with Crippen LogP contribution in [-0.4, -0.2) is 40.9 Å². The molecule has 3 fully saturated rings. The molecule has 2 heterocycles. The molecule has 0 amide bonds. The molecule has 116 valence electrons. The van der Waals surface area contributed by atoms with Crippen LogP contribution in [0.2, 0.25) is 0 Å². The topological polar surface area (TPSA) is 59.1 Å². The quantitative estimate of drug-likeness (QED) is 0.593. The van der Waals surface area contributed by atoms with Crippen LogP contribution in [0.4, 0.5) is 0 Å². The first-order valence-corrected chi connectivity index (χ1v) is 7.90. The van der Waals surface area contributed by atoms with Gasteiger partial charge in [0.05, 0.1) is 12.7 Å². The first kappa shape index (κ1) is 13.9. The Kier molecular flexibility index (Phi) is 2.39. The Labute approximate surface area is 125 Å². The van der Waals surface area contributed by atoms with E-state index in [-0.39, 0.29) is 22.7 Å². The summed E-state index contributed by atoms with van der Waals surface area (Å²) < 4.78 is 12.2. The summed E-state index contributed by atoms with van der Waals surface area (Å²) >= 11 is 0. The van der Waals surface area contributed by atoms with Gasteiger partial charge in [-0.05, 0) is 33.1 Å². The molecule has 2 bridgehead atoms. The maximum Gasteiger partial charge on any atom is 0.164 e. The third kappa shape index (κ3) is 1.31. The van der Waals surface area contributed by atoms with Crippen molar-refractivity contribution in [3.05, 3.63) is 11.6 Å². The molecule has 0 unspecified atom stereocenters. The van der Waals surface area contributed by atoms with Crippen LogP contribution in [0.3, 0.4) is 0 Å². The van der Waals surface area contributed by atoms with Crippen LogP contribution in [0, 0.1) is 10.8 Å². The van der Waals surface area contributed by atoms with Gasteiger partial charge in [0.25, 0.3) is 0 Å². The van der Waals surface area contributed by atoms with Crippen molar-refractivity contribution >= 4 is 5.78 Å². The summed E-state index contributed by atoms with van der Waals surface area (Å²) in [5.41, 5.74) is -0.880. The molecule has 0 radical (unpaired) electrons. The summed E-state index contributed by atoms with van der Waals surface area (Å²) in [6.07, 6.45) is 4.13. The van der Waals surface area contributed by atoms with Crippen LogP contribution in [0.15, 0.2) is 11.6 Å². The number of ketones is 1. The van der Waals surface area contributed by atoms with E-state index in [0.717, 1.165) is 12.8 Å². The normalized spacial score (nSPS) is 57.9. The number of allylic oxidation sites excluding steroid dienone is 1. The highest BCUT2D eigenvalue weighted by Gasteiger charge is 2.84. The van der Waals surface area contributed by atoms with Crippen LogP contribution < -0.4 is 0 Å². The van der Waals surface area contributed by atoms with Gasteiger partial charge < -0.3 is 14.6 Å². The van der Waals surface area contributed by atoms with Crippen LogP contribution >= 0.6 is 0 Å². The molecule has 4 nitrogen and oxygen atoms in total. The standard InChI is InChI=1S/C17H24O4/c1-10-5-6-14(3)12(7-10)21-13-16(19,11(2)18)8-15(14,4)17(13)9-20-17/h7,12-13,19H,5-6,8-9H2,1-4H3/t12-,13-,14+,15-,16+,17+/m1/s1. The highest BCUT2D eigenvalue weighted by molar-refractivity contribution is 5.87.